The lowest BCUT2D eigenvalue weighted by Gasteiger charge is -2.17. The third-order valence-electron chi connectivity index (χ3n) is 3.89. The van der Waals surface area contributed by atoms with Crippen LogP contribution >= 0.6 is 11.3 Å². The van der Waals surface area contributed by atoms with Crippen molar-refractivity contribution in [3.63, 3.8) is 0 Å². The molecule has 0 radical (unpaired) electrons. The summed E-state index contributed by atoms with van der Waals surface area (Å²) >= 11 is 1.54. The number of aliphatic hydroxyl groups excluding tert-OH is 1. The minimum absolute atomic E-state index is 0.0259. The molecule has 1 fully saturated rings. The molecule has 0 bridgehead atoms. The molecular weight excluding hydrogens is 270 g/mol. The van der Waals surface area contributed by atoms with Crippen LogP contribution in [0.5, 0.6) is 0 Å². The highest BCUT2D eigenvalue weighted by Crippen LogP contribution is 2.48. The number of carbonyl (C=O) groups excluding carboxylic acids is 1. The molecule has 0 spiro atoms. The molecule has 1 aromatic carbocycles. The van der Waals surface area contributed by atoms with Crippen LogP contribution < -0.4 is 5.32 Å². The lowest BCUT2D eigenvalue weighted by molar-refractivity contribution is -0.124. The topological polar surface area (TPSA) is 49.3 Å². The van der Waals surface area contributed by atoms with Gasteiger partial charge in [0.2, 0.25) is 5.91 Å². The van der Waals surface area contributed by atoms with E-state index in [1.54, 1.807) is 11.3 Å². The van der Waals surface area contributed by atoms with E-state index >= 15 is 0 Å². The van der Waals surface area contributed by atoms with Crippen LogP contribution in [-0.4, -0.2) is 17.6 Å². The maximum Gasteiger partial charge on any atom is 0.230 e. The summed E-state index contributed by atoms with van der Waals surface area (Å²) in [5.41, 5.74) is 1.57. The molecule has 1 aromatic heterocycles. The van der Waals surface area contributed by atoms with Gasteiger partial charge in [0.05, 0.1) is 11.5 Å². The highest BCUT2D eigenvalue weighted by molar-refractivity contribution is 7.07. The smallest absolute Gasteiger partial charge is 0.230 e. The molecular formula is C16H17NO2S. The second-order valence-electron chi connectivity index (χ2n) is 5.23. The van der Waals surface area contributed by atoms with Gasteiger partial charge in [-0.2, -0.15) is 11.3 Å². The lowest BCUT2D eigenvalue weighted by Crippen LogP contribution is -2.37. The van der Waals surface area contributed by atoms with Crippen LogP contribution in [0.1, 0.15) is 30.1 Å². The Morgan fingerprint density at radius 3 is 2.65 bits per heavy atom. The average molecular weight is 287 g/mol. The van der Waals surface area contributed by atoms with Gasteiger partial charge in [0.25, 0.3) is 0 Å². The van der Waals surface area contributed by atoms with E-state index in [4.69, 9.17) is 0 Å². The molecule has 1 aliphatic rings. The Labute approximate surface area is 122 Å². The molecule has 0 aliphatic heterocycles. The molecule has 2 N–H and O–H groups in total. The molecule has 1 atom stereocenters. The van der Waals surface area contributed by atoms with Gasteiger partial charge < -0.3 is 10.4 Å². The van der Waals surface area contributed by atoms with Crippen molar-refractivity contribution in [1.29, 1.82) is 0 Å². The fourth-order valence-electron chi connectivity index (χ4n) is 2.47. The first-order valence-electron chi connectivity index (χ1n) is 6.76. The zero-order chi connectivity index (χ0) is 14.0. The van der Waals surface area contributed by atoms with Crippen molar-refractivity contribution in [2.24, 2.45) is 0 Å². The van der Waals surface area contributed by atoms with Crippen LogP contribution in [0.25, 0.3) is 0 Å². The Balaban J connectivity index is 1.63. The van der Waals surface area contributed by atoms with E-state index in [0.717, 1.165) is 24.0 Å². The van der Waals surface area contributed by atoms with E-state index in [9.17, 15) is 9.90 Å². The largest absolute Gasteiger partial charge is 0.387 e. The van der Waals surface area contributed by atoms with Gasteiger partial charge in [-0.15, -0.1) is 0 Å². The number of rotatable bonds is 5. The van der Waals surface area contributed by atoms with Crippen molar-refractivity contribution in [2.75, 3.05) is 6.54 Å². The summed E-state index contributed by atoms with van der Waals surface area (Å²) in [4.78, 5) is 12.4. The van der Waals surface area contributed by atoms with E-state index in [1.807, 2.05) is 47.2 Å². The van der Waals surface area contributed by atoms with E-state index in [1.165, 1.54) is 0 Å². The molecule has 20 heavy (non-hydrogen) atoms. The van der Waals surface area contributed by atoms with E-state index in [2.05, 4.69) is 5.32 Å². The van der Waals surface area contributed by atoms with Crippen LogP contribution in [0.3, 0.4) is 0 Å². The van der Waals surface area contributed by atoms with Crippen molar-refractivity contribution in [2.45, 2.75) is 24.4 Å². The Hall–Kier alpha value is -1.65. The zero-order valence-corrected chi connectivity index (χ0v) is 11.9. The van der Waals surface area contributed by atoms with Crippen LogP contribution in [0.4, 0.5) is 0 Å². The highest BCUT2D eigenvalue weighted by atomic mass is 32.1. The van der Waals surface area contributed by atoms with Gasteiger partial charge in [-0.3, -0.25) is 4.79 Å². The number of amides is 1. The summed E-state index contributed by atoms with van der Waals surface area (Å²) < 4.78 is 0. The molecule has 1 amide bonds. The zero-order valence-electron chi connectivity index (χ0n) is 11.1. The molecule has 3 rings (SSSR count). The Morgan fingerprint density at radius 2 is 2.05 bits per heavy atom. The summed E-state index contributed by atoms with van der Waals surface area (Å²) in [7, 11) is 0. The SMILES string of the molecule is O=C(NCC(O)c1ccsc1)C1(c2ccccc2)CC1. The second kappa shape index (κ2) is 5.38. The molecule has 3 nitrogen and oxygen atoms in total. The highest BCUT2D eigenvalue weighted by Gasteiger charge is 2.51. The summed E-state index contributed by atoms with van der Waals surface area (Å²) in [5.74, 6) is 0.0259. The molecule has 1 aliphatic carbocycles. The van der Waals surface area contributed by atoms with Gasteiger partial charge in [0.15, 0.2) is 0 Å². The summed E-state index contributed by atoms with van der Waals surface area (Å²) in [6, 6.07) is 11.8. The monoisotopic (exact) mass is 287 g/mol. The number of hydrogen-bond acceptors (Lipinski definition) is 3. The first kappa shape index (κ1) is 13.3. The normalized spacial score (nSPS) is 17.4. The van der Waals surface area contributed by atoms with Crippen LogP contribution in [0.2, 0.25) is 0 Å². The van der Waals surface area contributed by atoms with Gasteiger partial charge >= 0.3 is 0 Å². The van der Waals surface area contributed by atoms with Crippen LogP contribution in [0.15, 0.2) is 47.2 Å². The predicted molar refractivity (Wildman–Crippen MR) is 79.6 cm³/mol. The Morgan fingerprint density at radius 1 is 1.30 bits per heavy atom. The standard InChI is InChI=1S/C16H17NO2S/c18-14(12-6-9-20-11-12)10-17-15(19)16(7-8-16)13-4-2-1-3-5-13/h1-6,9,11,14,18H,7-8,10H2,(H,17,19). The van der Waals surface area contributed by atoms with Gasteiger partial charge in [0.1, 0.15) is 0 Å². The Bertz CT molecular complexity index is 576. The fraction of sp³-hybridized carbons (Fsp3) is 0.312. The minimum atomic E-state index is -0.628. The molecule has 1 saturated carbocycles. The molecule has 1 heterocycles. The molecule has 0 saturated heterocycles. The van der Waals surface area contributed by atoms with Crippen molar-refractivity contribution in [3.05, 3.63) is 58.3 Å². The first-order valence-corrected chi connectivity index (χ1v) is 7.71. The van der Waals surface area contributed by atoms with Crippen molar-refractivity contribution < 1.29 is 9.90 Å². The number of hydrogen-bond donors (Lipinski definition) is 2. The predicted octanol–water partition coefficient (Wildman–Crippen LogP) is 2.63. The number of carbonyl (C=O) groups is 1. The number of thiophene rings is 1. The average Bonchev–Trinajstić information content (AvgIpc) is 3.12. The van der Waals surface area contributed by atoms with Crippen molar-refractivity contribution in [3.8, 4) is 0 Å². The van der Waals surface area contributed by atoms with Crippen LogP contribution in [0, 0.1) is 0 Å². The Kier molecular flexibility index (Phi) is 3.59. The van der Waals surface area contributed by atoms with Gasteiger partial charge in [0, 0.05) is 6.54 Å². The molecule has 2 aromatic rings. The summed E-state index contributed by atoms with van der Waals surface area (Å²) in [6.07, 6.45) is 1.14. The molecule has 104 valence electrons. The summed E-state index contributed by atoms with van der Waals surface area (Å²) in [5, 5.41) is 16.7. The second-order valence-corrected chi connectivity index (χ2v) is 6.01. The third-order valence-corrected chi connectivity index (χ3v) is 4.60. The number of nitrogens with one attached hydrogen (secondary N) is 1. The number of benzene rings is 1. The van der Waals surface area contributed by atoms with Crippen molar-refractivity contribution in [1.82, 2.24) is 5.32 Å². The fourth-order valence-corrected chi connectivity index (χ4v) is 3.18. The first-order chi connectivity index (χ1) is 9.72. The maximum atomic E-state index is 12.4. The van der Waals surface area contributed by atoms with E-state index < -0.39 is 6.10 Å². The quantitative estimate of drug-likeness (QED) is 0.888. The third kappa shape index (κ3) is 2.49. The van der Waals surface area contributed by atoms with Gasteiger partial charge in [-0.05, 0) is 40.8 Å². The van der Waals surface area contributed by atoms with Crippen molar-refractivity contribution >= 4 is 17.2 Å². The van der Waals surface area contributed by atoms with Crippen LogP contribution in [-0.2, 0) is 10.2 Å². The lowest BCUT2D eigenvalue weighted by atomic mass is 9.95. The summed E-state index contributed by atoms with van der Waals surface area (Å²) in [6.45, 7) is 0.268. The van der Waals surface area contributed by atoms with Gasteiger partial charge in [-0.25, -0.2) is 0 Å². The molecule has 1 unspecified atom stereocenters. The van der Waals surface area contributed by atoms with Gasteiger partial charge in [-0.1, -0.05) is 30.3 Å². The number of aliphatic hydroxyl groups is 1. The minimum Gasteiger partial charge on any atom is -0.387 e. The molecule has 4 heteroatoms. The van der Waals surface area contributed by atoms with E-state index in [0.29, 0.717) is 0 Å². The van der Waals surface area contributed by atoms with E-state index in [-0.39, 0.29) is 17.9 Å². The maximum absolute atomic E-state index is 12.4.